The van der Waals surface area contributed by atoms with Crippen molar-refractivity contribution in [2.24, 2.45) is 5.92 Å². The van der Waals surface area contributed by atoms with Crippen LogP contribution in [0.2, 0.25) is 0 Å². The van der Waals surface area contributed by atoms with Gasteiger partial charge in [-0.05, 0) is 43.7 Å². The largest absolute Gasteiger partial charge is 0.477 e. The van der Waals surface area contributed by atoms with Gasteiger partial charge < -0.3 is 15.2 Å². The fourth-order valence-corrected chi connectivity index (χ4v) is 3.64. The zero-order chi connectivity index (χ0) is 13.4. The van der Waals surface area contributed by atoms with E-state index in [0.29, 0.717) is 17.0 Å². The van der Waals surface area contributed by atoms with Gasteiger partial charge in [0.1, 0.15) is 4.88 Å². The molecule has 1 aliphatic carbocycles. The fraction of sp³-hybridized carbons (Fsp3) is 0.643. The quantitative estimate of drug-likeness (QED) is 0.870. The summed E-state index contributed by atoms with van der Waals surface area (Å²) in [6.07, 6.45) is 4.03. The number of rotatable bonds is 5. The third kappa shape index (κ3) is 2.83. The first-order valence-corrected chi connectivity index (χ1v) is 7.64. The number of carboxylic acids is 1. The predicted octanol–water partition coefficient (Wildman–Crippen LogP) is 2.41. The smallest absolute Gasteiger partial charge is 0.345 e. The highest BCUT2D eigenvalue weighted by Gasteiger charge is 2.40. The van der Waals surface area contributed by atoms with Gasteiger partial charge >= 0.3 is 5.97 Å². The first kappa shape index (κ1) is 13.1. The van der Waals surface area contributed by atoms with Crippen molar-refractivity contribution in [3.05, 3.63) is 21.4 Å². The molecule has 1 aliphatic heterocycles. The Morgan fingerprint density at radius 2 is 2.32 bits per heavy atom. The van der Waals surface area contributed by atoms with E-state index in [2.05, 4.69) is 5.32 Å². The van der Waals surface area contributed by atoms with Crippen LogP contribution >= 0.6 is 11.3 Å². The summed E-state index contributed by atoms with van der Waals surface area (Å²) in [6.45, 7) is 3.58. The molecule has 0 bridgehead atoms. The second-order valence-corrected chi connectivity index (χ2v) is 6.70. The molecule has 3 rings (SSSR count). The molecule has 1 aromatic heterocycles. The summed E-state index contributed by atoms with van der Waals surface area (Å²) in [5, 5.41) is 12.5. The molecular formula is C14H19NO3S. The predicted molar refractivity (Wildman–Crippen MR) is 73.7 cm³/mol. The Labute approximate surface area is 116 Å². The summed E-state index contributed by atoms with van der Waals surface area (Å²) < 4.78 is 5.80. The van der Waals surface area contributed by atoms with E-state index in [1.165, 1.54) is 24.2 Å². The average Bonchev–Trinajstić information content (AvgIpc) is 2.99. The molecule has 1 saturated heterocycles. The number of carbonyl (C=O) groups is 1. The Bertz CT molecular complexity index is 481. The number of aromatic carboxylic acids is 1. The van der Waals surface area contributed by atoms with Crippen molar-refractivity contribution in [2.45, 2.75) is 44.9 Å². The summed E-state index contributed by atoms with van der Waals surface area (Å²) in [7, 11) is 0. The van der Waals surface area contributed by atoms with Crippen LogP contribution in [0.25, 0.3) is 0 Å². The molecule has 104 valence electrons. The lowest BCUT2D eigenvalue weighted by Gasteiger charge is -2.19. The minimum atomic E-state index is -0.834. The summed E-state index contributed by atoms with van der Waals surface area (Å²) >= 11 is 1.35. The number of aryl methyl sites for hydroxylation is 1. The van der Waals surface area contributed by atoms with Crippen molar-refractivity contribution in [1.82, 2.24) is 5.32 Å². The highest BCUT2D eigenvalue weighted by atomic mass is 32.1. The van der Waals surface area contributed by atoms with Gasteiger partial charge in [0.15, 0.2) is 0 Å². The Morgan fingerprint density at radius 3 is 2.95 bits per heavy atom. The van der Waals surface area contributed by atoms with Crippen molar-refractivity contribution < 1.29 is 14.6 Å². The molecule has 2 unspecified atom stereocenters. The molecule has 2 N–H and O–H groups in total. The van der Waals surface area contributed by atoms with E-state index in [-0.39, 0.29) is 0 Å². The van der Waals surface area contributed by atoms with Gasteiger partial charge in [0.25, 0.3) is 0 Å². The van der Waals surface area contributed by atoms with Crippen LogP contribution in [0.1, 0.15) is 39.4 Å². The van der Waals surface area contributed by atoms with Crippen LogP contribution < -0.4 is 5.32 Å². The Hall–Kier alpha value is -0.910. The Kier molecular flexibility index (Phi) is 3.60. The van der Waals surface area contributed by atoms with Gasteiger partial charge in [-0.3, -0.25) is 0 Å². The average molecular weight is 281 g/mol. The van der Waals surface area contributed by atoms with E-state index >= 15 is 0 Å². The topological polar surface area (TPSA) is 58.6 Å². The van der Waals surface area contributed by atoms with Gasteiger partial charge in [0, 0.05) is 24.1 Å². The molecule has 2 aliphatic rings. The molecule has 1 saturated carbocycles. The second-order valence-electron chi connectivity index (χ2n) is 5.45. The summed E-state index contributed by atoms with van der Waals surface area (Å²) in [5.41, 5.74) is 1.10. The van der Waals surface area contributed by atoms with E-state index in [1.54, 1.807) is 6.07 Å². The maximum absolute atomic E-state index is 10.9. The van der Waals surface area contributed by atoms with Gasteiger partial charge in [-0.1, -0.05) is 0 Å². The number of nitrogens with one attached hydrogen (secondary N) is 1. The number of thiophene rings is 1. The number of hydrogen-bond acceptors (Lipinski definition) is 4. The maximum atomic E-state index is 10.9. The van der Waals surface area contributed by atoms with Crippen molar-refractivity contribution in [2.75, 3.05) is 6.61 Å². The molecule has 0 amide bonds. The molecule has 1 aromatic rings. The third-order valence-corrected chi connectivity index (χ3v) is 5.09. The number of carboxylic acid groups (broad SMARTS) is 1. The zero-order valence-electron chi connectivity index (χ0n) is 11.0. The lowest BCUT2D eigenvalue weighted by molar-refractivity contribution is 0.0702. The molecule has 2 heterocycles. The maximum Gasteiger partial charge on any atom is 0.345 e. The van der Waals surface area contributed by atoms with Crippen LogP contribution in [0.3, 0.4) is 0 Å². The van der Waals surface area contributed by atoms with Crippen LogP contribution in [-0.4, -0.2) is 29.8 Å². The molecule has 2 atom stereocenters. The van der Waals surface area contributed by atoms with Crippen molar-refractivity contribution in [3.8, 4) is 0 Å². The first-order chi connectivity index (χ1) is 9.15. The lowest BCUT2D eigenvalue weighted by Crippen LogP contribution is -2.37. The minimum absolute atomic E-state index is 0.373. The molecule has 0 spiro atoms. The van der Waals surface area contributed by atoms with E-state index in [4.69, 9.17) is 9.84 Å². The zero-order valence-corrected chi connectivity index (χ0v) is 11.8. The van der Waals surface area contributed by atoms with E-state index in [1.807, 2.05) is 6.92 Å². The van der Waals surface area contributed by atoms with Crippen LogP contribution in [0.5, 0.6) is 0 Å². The number of hydrogen-bond donors (Lipinski definition) is 2. The first-order valence-electron chi connectivity index (χ1n) is 6.82. The van der Waals surface area contributed by atoms with E-state index in [9.17, 15) is 4.79 Å². The monoisotopic (exact) mass is 281 g/mol. The van der Waals surface area contributed by atoms with Gasteiger partial charge in [-0.2, -0.15) is 0 Å². The SMILES string of the molecule is Cc1sc(C(=O)O)cc1CNC1CCOC1C1CC1. The minimum Gasteiger partial charge on any atom is -0.477 e. The van der Waals surface area contributed by atoms with Crippen molar-refractivity contribution in [1.29, 1.82) is 0 Å². The summed E-state index contributed by atoms with van der Waals surface area (Å²) in [5.74, 6) is -0.0856. The second kappa shape index (κ2) is 5.23. The van der Waals surface area contributed by atoms with Gasteiger partial charge in [0.05, 0.1) is 6.10 Å². The Balaban J connectivity index is 1.60. The van der Waals surface area contributed by atoms with Crippen molar-refractivity contribution >= 4 is 17.3 Å². The van der Waals surface area contributed by atoms with Crippen LogP contribution in [-0.2, 0) is 11.3 Å². The van der Waals surface area contributed by atoms with E-state index in [0.717, 1.165) is 35.9 Å². The molecule has 4 nitrogen and oxygen atoms in total. The molecule has 5 heteroatoms. The lowest BCUT2D eigenvalue weighted by atomic mass is 10.1. The summed E-state index contributed by atoms with van der Waals surface area (Å²) in [6, 6.07) is 2.22. The van der Waals surface area contributed by atoms with Gasteiger partial charge in [-0.15, -0.1) is 11.3 Å². The van der Waals surface area contributed by atoms with Crippen LogP contribution in [0.15, 0.2) is 6.07 Å². The number of ether oxygens (including phenoxy) is 1. The summed E-state index contributed by atoms with van der Waals surface area (Å²) in [4.78, 5) is 12.5. The van der Waals surface area contributed by atoms with Crippen molar-refractivity contribution in [3.63, 3.8) is 0 Å². The molecule has 2 fully saturated rings. The molecule has 0 aromatic carbocycles. The van der Waals surface area contributed by atoms with Crippen LogP contribution in [0.4, 0.5) is 0 Å². The molecular weight excluding hydrogens is 262 g/mol. The Morgan fingerprint density at radius 1 is 1.53 bits per heavy atom. The standard InChI is InChI=1S/C14H19NO3S/c1-8-10(6-12(19-8)14(16)17)7-15-11-4-5-18-13(11)9-2-3-9/h6,9,11,13,15H,2-5,7H2,1H3,(H,16,17). The normalized spacial score (nSPS) is 26.8. The van der Waals surface area contributed by atoms with Gasteiger partial charge in [-0.25, -0.2) is 4.79 Å². The molecule has 19 heavy (non-hydrogen) atoms. The third-order valence-electron chi connectivity index (χ3n) is 4.01. The van der Waals surface area contributed by atoms with Gasteiger partial charge in [0.2, 0.25) is 0 Å². The molecule has 0 radical (unpaired) electrons. The highest BCUT2D eigenvalue weighted by molar-refractivity contribution is 7.14. The highest BCUT2D eigenvalue weighted by Crippen LogP contribution is 2.38. The fourth-order valence-electron chi connectivity index (χ4n) is 2.76. The van der Waals surface area contributed by atoms with E-state index < -0.39 is 5.97 Å². The van der Waals surface area contributed by atoms with Crippen LogP contribution in [0, 0.1) is 12.8 Å².